The molecule has 4 aliphatic carbocycles. The fourth-order valence-electron chi connectivity index (χ4n) is 6.30. The molecule has 4 aliphatic rings. The summed E-state index contributed by atoms with van der Waals surface area (Å²) in [6.45, 7) is 0. The summed E-state index contributed by atoms with van der Waals surface area (Å²) in [6.07, 6.45) is 5.72. The van der Waals surface area contributed by atoms with Crippen LogP contribution in [0.2, 0.25) is 5.02 Å². The van der Waals surface area contributed by atoms with Crippen molar-refractivity contribution in [3.05, 3.63) is 45.8 Å². The van der Waals surface area contributed by atoms with E-state index in [4.69, 9.17) is 11.6 Å². The number of aromatic nitrogens is 2. The molecule has 6 rings (SSSR count). The molecule has 4 bridgehead atoms. The molecular weight excluding hydrogens is 394 g/mol. The molecular formula is C21H22ClN3O4. The van der Waals surface area contributed by atoms with Crippen molar-refractivity contribution in [3.8, 4) is 5.75 Å². The molecule has 0 aliphatic heterocycles. The Balaban J connectivity index is 1.58. The van der Waals surface area contributed by atoms with Crippen LogP contribution in [0.25, 0.3) is 0 Å². The largest absolute Gasteiger partial charge is 0.506 e. The van der Waals surface area contributed by atoms with Crippen LogP contribution in [0.15, 0.2) is 35.3 Å². The summed E-state index contributed by atoms with van der Waals surface area (Å²) in [6, 6.07) is 6.63. The predicted molar refractivity (Wildman–Crippen MR) is 108 cm³/mol. The number of anilines is 2. The Bertz CT molecular complexity index is 1040. The summed E-state index contributed by atoms with van der Waals surface area (Å²) in [5, 5.41) is 27.2. The second-order valence-electron chi connectivity index (χ2n) is 8.76. The Kier molecular flexibility index (Phi) is 4.13. The second-order valence-corrected chi connectivity index (χ2v) is 9.14. The van der Waals surface area contributed by atoms with Crippen LogP contribution in [0.3, 0.4) is 0 Å². The number of phenolic OH excluding ortho intramolecular Hbond substituents is 1. The van der Waals surface area contributed by atoms with Gasteiger partial charge in [0.05, 0.1) is 29.0 Å². The first-order chi connectivity index (χ1) is 13.9. The number of hydrogen-bond acceptors (Lipinski definition) is 5. The number of hydrogen-bond donors (Lipinski definition) is 3. The van der Waals surface area contributed by atoms with Crippen LogP contribution in [0, 0.1) is 23.7 Å². The van der Waals surface area contributed by atoms with E-state index in [2.05, 4.69) is 10.4 Å². The topological polar surface area (TPSA) is 104 Å². The molecule has 8 heteroatoms. The first-order valence-electron chi connectivity index (χ1n) is 9.95. The van der Waals surface area contributed by atoms with E-state index in [0.717, 1.165) is 19.3 Å². The van der Waals surface area contributed by atoms with E-state index in [9.17, 15) is 19.8 Å². The molecule has 4 saturated carbocycles. The Morgan fingerprint density at radius 3 is 2.52 bits per heavy atom. The standard InChI is InChI=1S/C21H22ClN3O4/c22-18-15(24-14-3-1-2-4-16(14)26)10-23-25(19(18)27)21-8-11-5-12(9-21)7-13(6-11)17(21)20(28)29/h1-4,10-13,17,24,26H,5-9H2,(H,28,29)/t11-,12+,13?,17-,21?/m1/s1. The summed E-state index contributed by atoms with van der Waals surface area (Å²) in [5.41, 5.74) is -0.604. The van der Waals surface area contributed by atoms with Crippen molar-refractivity contribution in [3.63, 3.8) is 0 Å². The average Bonchev–Trinajstić information content (AvgIpc) is 2.66. The molecule has 3 N–H and O–H groups in total. The minimum atomic E-state index is -0.852. The number of para-hydroxylation sites is 2. The number of nitrogens with one attached hydrogen (secondary N) is 1. The van der Waals surface area contributed by atoms with Gasteiger partial charge >= 0.3 is 5.97 Å². The summed E-state index contributed by atoms with van der Waals surface area (Å²) in [5.74, 6) is -0.474. The number of aromatic hydroxyl groups is 1. The normalized spacial score (nSPS) is 32.3. The van der Waals surface area contributed by atoms with Gasteiger partial charge in [-0.2, -0.15) is 5.10 Å². The zero-order valence-corrected chi connectivity index (χ0v) is 16.5. The molecule has 4 fully saturated rings. The van der Waals surface area contributed by atoms with Gasteiger partial charge in [0.1, 0.15) is 10.8 Å². The fourth-order valence-corrected chi connectivity index (χ4v) is 6.47. The third kappa shape index (κ3) is 2.74. The van der Waals surface area contributed by atoms with Gasteiger partial charge in [0.15, 0.2) is 0 Å². The highest BCUT2D eigenvalue weighted by atomic mass is 35.5. The van der Waals surface area contributed by atoms with Gasteiger partial charge < -0.3 is 15.5 Å². The third-order valence-corrected chi connectivity index (χ3v) is 7.42. The maximum absolute atomic E-state index is 13.2. The van der Waals surface area contributed by atoms with E-state index in [1.165, 1.54) is 16.9 Å². The monoisotopic (exact) mass is 415 g/mol. The first-order valence-corrected chi connectivity index (χ1v) is 10.3. The molecule has 2 unspecified atom stereocenters. The summed E-state index contributed by atoms with van der Waals surface area (Å²) in [7, 11) is 0. The van der Waals surface area contributed by atoms with Gasteiger partial charge in [0.2, 0.25) is 0 Å². The number of halogens is 1. The molecule has 7 nitrogen and oxygen atoms in total. The van der Waals surface area contributed by atoms with Crippen LogP contribution in [0.4, 0.5) is 11.4 Å². The van der Waals surface area contributed by atoms with Crippen molar-refractivity contribution in [2.45, 2.75) is 37.6 Å². The third-order valence-electron chi connectivity index (χ3n) is 7.05. The molecule has 1 heterocycles. The van der Waals surface area contributed by atoms with Crippen molar-refractivity contribution in [1.82, 2.24) is 9.78 Å². The van der Waals surface area contributed by atoms with Crippen molar-refractivity contribution < 1.29 is 15.0 Å². The Hall–Kier alpha value is -2.54. The molecule has 29 heavy (non-hydrogen) atoms. The van der Waals surface area contributed by atoms with Gasteiger partial charge in [-0.15, -0.1) is 0 Å². The Morgan fingerprint density at radius 2 is 1.86 bits per heavy atom. The first kappa shape index (κ1) is 18.5. The average molecular weight is 416 g/mol. The van der Waals surface area contributed by atoms with Gasteiger partial charge in [-0.25, -0.2) is 4.68 Å². The smallest absolute Gasteiger partial charge is 0.309 e. The highest BCUT2D eigenvalue weighted by molar-refractivity contribution is 6.33. The zero-order chi connectivity index (χ0) is 20.3. The lowest BCUT2D eigenvalue weighted by molar-refractivity contribution is -0.168. The number of carbonyl (C=O) groups is 1. The Morgan fingerprint density at radius 1 is 1.17 bits per heavy atom. The Labute approximate surface area is 172 Å². The SMILES string of the molecule is O=C(O)[C@H]1C2C[C@@H]3C[C@H](C2)CC1(n1ncc(Nc2ccccc2O)c(Cl)c1=O)C3. The number of phenols is 1. The predicted octanol–water partition coefficient (Wildman–Crippen LogP) is 3.58. The maximum Gasteiger partial charge on any atom is 0.309 e. The zero-order valence-electron chi connectivity index (χ0n) is 15.7. The van der Waals surface area contributed by atoms with Gasteiger partial charge in [-0.1, -0.05) is 23.7 Å². The van der Waals surface area contributed by atoms with Crippen LogP contribution in [-0.4, -0.2) is 26.0 Å². The second kappa shape index (κ2) is 6.49. The van der Waals surface area contributed by atoms with Gasteiger partial charge in [0, 0.05) is 0 Å². The number of rotatable bonds is 4. The summed E-state index contributed by atoms with van der Waals surface area (Å²) < 4.78 is 1.36. The van der Waals surface area contributed by atoms with E-state index in [1.54, 1.807) is 18.2 Å². The molecule has 2 aromatic rings. The van der Waals surface area contributed by atoms with Crippen LogP contribution < -0.4 is 10.9 Å². The highest BCUT2D eigenvalue weighted by Gasteiger charge is 2.61. The van der Waals surface area contributed by atoms with Crippen LogP contribution in [-0.2, 0) is 10.3 Å². The molecule has 152 valence electrons. The molecule has 0 saturated heterocycles. The van der Waals surface area contributed by atoms with Crippen molar-refractivity contribution >= 4 is 28.9 Å². The van der Waals surface area contributed by atoms with E-state index in [1.807, 2.05) is 0 Å². The molecule has 0 radical (unpaired) electrons. The molecule has 0 spiro atoms. The minimum Gasteiger partial charge on any atom is -0.506 e. The lowest BCUT2D eigenvalue weighted by Gasteiger charge is -2.59. The van der Waals surface area contributed by atoms with Gasteiger partial charge in [0.25, 0.3) is 5.56 Å². The van der Waals surface area contributed by atoms with Crippen LogP contribution in [0.5, 0.6) is 5.75 Å². The van der Waals surface area contributed by atoms with Crippen molar-refractivity contribution in [2.75, 3.05) is 5.32 Å². The van der Waals surface area contributed by atoms with Gasteiger partial charge in [-0.3, -0.25) is 9.59 Å². The van der Waals surface area contributed by atoms with Crippen molar-refractivity contribution in [1.29, 1.82) is 0 Å². The number of carboxylic acid groups (broad SMARTS) is 1. The lowest BCUT2D eigenvalue weighted by atomic mass is 9.48. The van der Waals surface area contributed by atoms with Crippen LogP contribution >= 0.6 is 11.6 Å². The fraction of sp³-hybridized carbons (Fsp3) is 0.476. The van der Waals surface area contributed by atoms with E-state index in [0.29, 0.717) is 30.4 Å². The quantitative estimate of drug-likeness (QED) is 0.659. The molecule has 0 amide bonds. The van der Waals surface area contributed by atoms with E-state index >= 15 is 0 Å². The van der Waals surface area contributed by atoms with Crippen LogP contribution in [0.1, 0.15) is 32.1 Å². The highest BCUT2D eigenvalue weighted by Crippen LogP contribution is 2.61. The minimum absolute atomic E-state index is 0.0276. The maximum atomic E-state index is 13.2. The van der Waals surface area contributed by atoms with E-state index < -0.39 is 23.0 Å². The van der Waals surface area contributed by atoms with Gasteiger partial charge in [-0.05, 0) is 62.0 Å². The van der Waals surface area contributed by atoms with Crippen molar-refractivity contribution in [2.24, 2.45) is 23.7 Å². The van der Waals surface area contributed by atoms with E-state index in [-0.39, 0.29) is 22.4 Å². The number of aliphatic carboxylic acids is 1. The lowest BCUT2D eigenvalue weighted by Crippen LogP contribution is -2.63. The summed E-state index contributed by atoms with van der Waals surface area (Å²) >= 11 is 6.40. The molecule has 1 aromatic carbocycles. The molecule has 5 atom stereocenters. The number of carboxylic acids is 1. The number of benzene rings is 1. The number of nitrogens with zero attached hydrogens (tertiary/aromatic N) is 2. The molecule has 1 aromatic heterocycles. The summed E-state index contributed by atoms with van der Waals surface area (Å²) in [4.78, 5) is 25.4.